The van der Waals surface area contributed by atoms with Crippen molar-refractivity contribution >= 4 is 16.9 Å². The second-order valence-electron chi connectivity index (χ2n) is 8.01. The summed E-state index contributed by atoms with van der Waals surface area (Å²) < 4.78 is 25.0. The van der Waals surface area contributed by atoms with E-state index >= 15 is 0 Å². The lowest BCUT2D eigenvalue weighted by atomic mass is 10.0. The van der Waals surface area contributed by atoms with Crippen LogP contribution < -0.4 is 10.8 Å². The van der Waals surface area contributed by atoms with Gasteiger partial charge in [-0.1, -0.05) is 38.0 Å². The number of hydroxylamine groups is 1. The van der Waals surface area contributed by atoms with Crippen LogP contribution in [0.25, 0.3) is 10.9 Å². The summed E-state index contributed by atoms with van der Waals surface area (Å²) in [7, 11) is 0. The number of para-hydroxylation sites is 1. The van der Waals surface area contributed by atoms with Crippen molar-refractivity contribution in [2.45, 2.75) is 45.1 Å². The molecule has 0 saturated carbocycles. The second kappa shape index (κ2) is 12.0. The summed E-state index contributed by atoms with van der Waals surface area (Å²) in [4.78, 5) is 12.5. The predicted molar refractivity (Wildman–Crippen MR) is 119 cm³/mol. The molecule has 4 N–H and O–H groups in total. The molecule has 9 heteroatoms. The smallest absolute Gasteiger partial charge is 0.251 e. The highest BCUT2D eigenvalue weighted by Crippen LogP contribution is 2.20. The number of guanidine groups is 1. The molecule has 3 rings (SSSR count). The molecule has 2 aromatic rings. The van der Waals surface area contributed by atoms with Crippen molar-refractivity contribution in [1.29, 1.82) is 5.41 Å². The quantitative estimate of drug-likeness (QED) is 0.143. The minimum atomic E-state index is -2.31. The van der Waals surface area contributed by atoms with E-state index in [2.05, 4.69) is 41.0 Å². The minimum absolute atomic E-state index is 0.173. The van der Waals surface area contributed by atoms with Gasteiger partial charge < -0.3 is 15.2 Å². The molecular weight excluding hydrogens is 402 g/mol. The van der Waals surface area contributed by atoms with E-state index in [0.29, 0.717) is 26.2 Å². The number of alkyl halides is 2. The van der Waals surface area contributed by atoms with E-state index in [1.165, 1.54) is 10.9 Å². The zero-order valence-electron chi connectivity index (χ0n) is 18.2. The number of aromatic amines is 1. The van der Waals surface area contributed by atoms with Gasteiger partial charge in [-0.3, -0.25) is 15.1 Å². The van der Waals surface area contributed by atoms with Crippen LogP contribution in [-0.2, 0) is 11.3 Å². The molecule has 0 bridgehead atoms. The predicted octanol–water partition coefficient (Wildman–Crippen LogP) is 3.15. The fourth-order valence-electron chi connectivity index (χ4n) is 3.94. The number of halogens is 2. The Kier molecular flexibility index (Phi) is 9.05. The van der Waals surface area contributed by atoms with Crippen molar-refractivity contribution in [2.24, 2.45) is 0 Å². The van der Waals surface area contributed by atoms with Gasteiger partial charge in [-0.15, -0.1) is 0 Å². The number of piperazine rings is 1. The molecule has 0 amide bonds. The van der Waals surface area contributed by atoms with Gasteiger partial charge in [-0.2, -0.15) is 5.48 Å². The molecule has 1 saturated heterocycles. The molecule has 1 aliphatic rings. The van der Waals surface area contributed by atoms with Gasteiger partial charge in [0.25, 0.3) is 6.43 Å². The monoisotopic (exact) mass is 436 g/mol. The van der Waals surface area contributed by atoms with Gasteiger partial charge in [0.2, 0.25) is 0 Å². The van der Waals surface area contributed by atoms with Gasteiger partial charge >= 0.3 is 0 Å². The topological polar surface area (TPSA) is 79.4 Å². The number of aromatic nitrogens is 1. The number of rotatable bonds is 11. The zero-order valence-corrected chi connectivity index (χ0v) is 18.2. The van der Waals surface area contributed by atoms with Crippen molar-refractivity contribution in [3.63, 3.8) is 0 Å². The number of nitrogens with one attached hydrogen (secondary N) is 4. The van der Waals surface area contributed by atoms with Crippen LogP contribution in [-0.4, -0.2) is 72.7 Å². The third kappa shape index (κ3) is 7.15. The van der Waals surface area contributed by atoms with Crippen molar-refractivity contribution < 1.29 is 13.6 Å². The highest BCUT2D eigenvalue weighted by Gasteiger charge is 2.21. The Hall–Kier alpha value is -2.23. The van der Waals surface area contributed by atoms with E-state index in [0.717, 1.165) is 31.2 Å². The summed E-state index contributed by atoms with van der Waals surface area (Å²) in [6.45, 7) is 4.35. The normalized spacial score (nSPS) is 16.2. The summed E-state index contributed by atoms with van der Waals surface area (Å²) >= 11 is 0. The van der Waals surface area contributed by atoms with Crippen LogP contribution >= 0.6 is 0 Å². The molecule has 31 heavy (non-hydrogen) atoms. The molecule has 172 valence electrons. The molecule has 0 radical (unpaired) electrons. The summed E-state index contributed by atoms with van der Waals surface area (Å²) in [6, 6.07) is 8.45. The number of hydrogen-bond acceptors (Lipinski definition) is 4. The van der Waals surface area contributed by atoms with Crippen LogP contribution in [0.3, 0.4) is 0 Å². The Labute approximate surface area is 182 Å². The van der Waals surface area contributed by atoms with E-state index in [1.807, 2.05) is 17.0 Å². The lowest BCUT2D eigenvalue weighted by Crippen LogP contribution is -2.53. The molecular formula is C22H34F2N6O. The average Bonchev–Trinajstić information content (AvgIpc) is 3.17. The fourth-order valence-corrected chi connectivity index (χ4v) is 3.94. The van der Waals surface area contributed by atoms with E-state index in [1.54, 1.807) is 4.90 Å². The van der Waals surface area contributed by atoms with Gasteiger partial charge in [0.1, 0.15) is 6.73 Å². The molecule has 1 aromatic heterocycles. The highest BCUT2D eigenvalue weighted by atomic mass is 19.3. The Balaban J connectivity index is 1.41. The van der Waals surface area contributed by atoms with Crippen LogP contribution in [0.2, 0.25) is 0 Å². The first kappa shape index (κ1) is 23.4. The average molecular weight is 437 g/mol. The summed E-state index contributed by atoms with van der Waals surface area (Å²) in [5, 5.41) is 12.4. The fraction of sp³-hybridized carbons (Fsp3) is 0.591. The standard InChI is InChI=1S/C22H34F2N6O/c1-2-3-6-18(13-17-14-26-20-8-5-4-7-19(17)20)28-31-16-27-22(25)30-11-9-29(10-12-30)15-21(23)24/h4-5,7-8,14,18,21,26,28H,2-3,6,9-13,15-16H2,1H3,(H2,25,27). The molecule has 7 nitrogen and oxygen atoms in total. The first-order valence-electron chi connectivity index (χ1n) is 11.1. The first-order valence-corrected chi connectivity index (χ1v) is 11.1. The molecule has 2 heterocycles. The van der Waals surface area contributed by atoms with E-state index < -0.39 is 6.43 Å². The molecule has 0 aliphatic carbocycles. The number of H-pyrrole nitrogens is 1. The van der Waals surface area contributed by atoms with Gasteiger partial charge in [-0.05, 0) is 24.5 Å². The maximum absolute atomic E-state index is 12.5. The minimum Gasteiger partial charge on any atom is -0.361 e. The van der Waals surface area contributed by atoms with E-state index in [4.69, 9.17) is 10.2 Å². The number of benzene rings is 1. The lowest BCUT2D eigenvalue weighted by Gasteiger charge is -2.35. The Morgan fingerprint density at radius 1 is 1.23 bits per heavy atom. The maximum atomic E-state index is 12.5. The molecule has 1 atom stereocenters. The molecule has 1 aliphatic heterocycles. The number of hydrogen-bond donors (Lipinski definition) is 4. The van der Waals surface area contributed by atoms with E-state index in [-0.39, 0.29) is 25.3 Å². The summed E-state index contributed by atoms with van der Waals surface area (Å²) in [6.07, 6.45) is 3.83. The van der Waals surface area contributed by atoms with Crippen molar-refractivity contribution in [3.8, 4) is 0 Å². The lowest BCUT2D eigenvalue weighted by molar-refractivity contribution is 0.00781. The van der Waals surface area contributed by atoms with Gasteiger partial charge in [0, 0.05) is 49.3 Å². The second-order valence-corrected chi connectivity index (χ2v) is 8.01. The summed E-state index contributed by atoms with van der Waals surface area (Å²) in [5.74, 6) is 0.264. The highest BCUT2D eigenvalue weighted by molar-refractivity contribution is 5.83. The van der Waals surface area contributed by atoms with Crippen LogP contribution in [0, 0.1) is 5.41 Å². The van der Waals surface area contributed by atoms with Gasteiger partial charge in [0.05, 0.1) is 6.54 Å². The van der Waals surface area contributed by atoms with Crippen LogP contribution in [0.4, 0.5) is 8.78 Å². The Bertz CT molecular complexity index is 806. The van der Waals surface area contributed by atoms with Crippen molar-refractivity contribution in [3.05, 3.63) is 36.0 Å². The number of fused-ring (bicyclic) bond motifs is 1. The number of unbranched alkanes of at least 4 members (excludes halogenated alkanes) is 1. The first-order chi connectivity index (χ1) is 15.1. The Morgan fingerprint density at radius 2 is 2.00 bits per heavy atom. The SMILES string of the molecule is CCCCC(Cc1c[nH]c2ccccc12)NOCNC(=N)N1CCN(CC(F)F)CC1. The third-order valence-corrected chi connectivity index (χ3v) is 5.69. The van der Waals surface area contributed by atoms with Crippen LogP contribution in [0.1, 0.15) is 31.7 Å². The van der Waals surface area contributed by atoms with Gasteiger partial charge in [0.15, 0.2) is 5.96 Å². The van der Waals surface area contributed by atoms with Crippen LogP contribution in [0.5, 0.6) is 0 Å². The zero-order chi connectivity index (χ0) is 22.1. The summed E-state index contributed by atoms with van der Waals surface area (Å²) in [5.41, 5.74) is 5.56. The Morgan fingerprint density at radius 3 is 2.74 bits per heavy atom. The molecule has 0 spiro atoms. The molecule has 1 aromatic carbocycles. The van der Waals surface area contributed by atoms with Crippen molar-refractivity contribution in [2.75, 3.05) is 39.5 Å². The molecule has 1 unspecified atom stereocenters. The largest absolute Gasteiger partial charge is 0.361 e. The third-order valence-electron chi connectivity index (χ3n) is 5.69. The van der Waals surface area contributed by atoms with E-state index in [9.17, 15) is 8.78 Å². The molecule has 1 fully saturated rings. The van der Waals surface area contributed by atoms with Crippen molar-refractivity contribution in [1.82, 2.24) is 25.6 Å². The maximum Gasteiger partial charge on any atom is 0.251 e. The van der Waals surface area contributed by atoms with Gasteiger partial charge in [-0.25, -0.2) is 8.78 Å². The van der Waals surface area contributed by atoms with Crippen LogP contribution in [0.15, 0.2) is 30.5 Å². The number of nitrogens with zero attached hydrogens (tertiary/aromatic N) is 2.